The maximum Gasteiger partial charge on any atom is 0.314 e. The van der Waals surface area contributed by atoms with Gasteiger partial charge in [0.25, 0.3) is 0 Å². The van der Waals surface area contributed by atoms with Gasteiger partial charge in [-0.25, -0.2) is 19.9 Å². The van der Waals surface area contributed by atoms with Gasteiger partial charge in [-0.15, -0.1) is 22.7 Å². The van der Waals surface area contributed by atoms with Crippen molar-refractivity contribution in [3.05, 3.63) is 117 Å². The number of nitrogens with two attached hydrogens (primary N) is 1. The highest BCUT2D eigenvalue weighted by atomic mass is 32.1. The van der Waals surface area contributed by atoms with Crippen molar-refractivity contribution in [2.75, 3.05) is 38.9 Å². The largest absolute Gasteiger partial charge is 0.481 e. The van der Waals surface area contributed by atoms with Gasteiger partial charge in [0.2, 0.25) is 31.3 Å². The number of methoxy groups -OCH3 is 2. The molecule has 17 heteroatoms. The lowest BCUT2D eigenvalue weighted by Crippen LogP contribution is -2.27. The van der Waals surface area contributed by atoms with Gasteiger partial charge in [0.05, 0.1) is 25.0 Å². The molecular weight excluding hydrogens is 797 g/mol. The Bertz CT molecular complexity index is 2480. The minimum absolute atomic E-state index is 0.0313. The van der Waals surface area contributed by atoms with E-state index in [1.807, 2.05) is 48.5 Å². The second kappa shape index (κ2) is 16.8. The lowest BCUT2D eigenvalue weighted by Gasteiger charge is -2.15. The Hall–Kier alpha value is -6.46. The lowest BCUT2D eigenvalue weighted by molar-refractivity contribution is -0.140. The number of benzene rings is 2. The van der Waals surface area contributed by atoms with Crippen LogP contribution in [-0.4, -0.2) is 64.7 Å². The van der Waals surface area contributed by atoms with Crippen molar-refractivity contribution >= 4 is 44.8 Å². The molecule has 4 aromatic heterocycles. The summed E-state index contributed by atoms with van der Waals surface area (Å²) in [6, 6.07) is 18.8. The van der Waals surface area contributed by atoms with Gasteiger partial charge in [0, 0.05) is 58.5 Å². The number of nitrogen functional groups attached to an aromatic ring is 1. The molecule has 6 aromatic rings. The Morgan fingerprint density at radius 2 is 1.22 bits per heavy atom. The number of carbonyl (C=O) groups excluding carboxylic acids is 1. The summed E-state index contributed by atoms with van der Waals surface area (Å²) in [7, 11) is 3.22. The number of carboxylic acids is 1. The number of thiazole rings is 2. The highest BCUT2D eigenvalue weighted by molar-refractivity contribution is 7.15. The molecule has 10 rings (SSSR count). The summed E-state index contributed by atoms with van der Waals surface area (Å²) in [5.41, 5.74) is 8.18. The first kappa shape index (κ1) is 39.4. The fraction of sp³-hybridized carbons (Fsp3) is 0.286. The lowest BCUT2D eigenvalue weighted by atomic mass is 9.94. The maximum atomic E-state index is 13.0. The summed E-state index contributed by atoms with van der Waals surface area (Å²) in [6.07, 6.45) is 11.4. The van der Waals surface area contributed by atoms with Crippen LogP contribution in [0.1, 0.15) is 57.7 Å². The van der Waals surface area contributed by atoms with E-state index in [0.717, 1.165) is 57.0 Å². The summed E-state index contributed by atoms with van der Waals surface area (Å²) in [5, 5.41) is 13.3. The van der Waals surface area contributed by atoms with Crippen LogP contribution in [0, 0.1) is 0 Å². The van der Waals surface area contributed by atoms with Crippen LogP contribution >= 0.6 is 22.7 Å². The first-order chi connectivity index (χ1) is 28.7. The number of ether oxygens (including phenoxy) is 6. The maximum absolute atomic E-state index is 13.0. The molecule has 59 heavy (non-hydrogen) atoms. The SMILES string of the molecule is COc1ncccc1Cc1cnc(N)s1.COc1ncccc1Cc1cnc(NC(=O)C2(c3ccc4c(c3)OCO4)CC2)s1.O=C(O)C1(c2ccc3c(c2)OCO3)CC1. The molecule has 2 fully saturated rings. The molecule has 4 aliphatic rings. The van der Waals surface area contributed by atoms with E-state index in [9.17, 15) is 9.59 Å². The molecule has 0 saturated heterocycles. The molecule has 2 aliphatic heterocycles. The molecule has 0 unspecified atom stereocenters. The van der Waals surface area contributed by atoms with Crippen LogP contribution in [0.15, 0.2) is 85.5 Å². The Labute approximate surface area is 347 Å². The minimum Gasteiger partial charge on any atom is -0.481 e. The van der Waals surface area contributed by atoms with E-state index < -0.39 is 16.8 Å². The number of aromatic nitrogens is 4. The molecule has 304 valence electrons. The van der Waals surface area contributed by atoms with Gasteiger partial charge in [0.1, 0.15) is 0 Å². The normalized spacial score (nSPS) is 15.4. The highest BCUT2D eigenvalue weighted by Crippen LogP contribution is 2.52. The summed E-state index contributed by atoms with van der Waals surface area (Å²) < 4.78 is 31.7. The van der Waals surface area contributed by atoms with E-state index >= 15 is 0 Å². The number of rotatable bonds is 11. The van der Waals surface area contributed by atoms with Gasteiger partial charge >= 0.3 is 5.97 Å². The van der Waals surface area contributed by atoms with Gasteiger partial charge in [-0.3, -0.25) is 9.59 Å². The smallest absolute Gasteiger partial charge is 0.314 e. The molecule has 6 heterocycles. The summed E-state index contributed by atoms with van der Waals surface area (Å²) in [5.74, 6) is 3.25. The Kier molecular flexibility index (Phi) is 11.2. The molecule has 2 saturated carbocycles. The third-order valence-corrected chi connectivity index (χ3v) is 12.1. The number of amides is 1. The quantitative estimate of drug-likeness (QED) is 0.123. The fourth-order valence-corrected chi connectivity index (χ4v) is 8.38. The number of fused-ring (bicyclic) bond motifs is 2. The van der Waals surface area contributed by atoms with Gasteiger partial charge in [0.15, 0.2) is 33.3 Å². The van der Waals surface area contributed by atoms with Crippen LogP contribution in [0.4, 0.5) is 10.3 Å². The Morgan fingerprint density at radius 3 is 1.71 bits per heavy atom. The van der Waals surface area contributed by atoms with Crippen molar-refractivity contribution in [3.63, 3.8) is 0 Å². The summed E-state index contributed by atoms with van der Waals surface area (Å²) in [4.78, 5) is 43.0. The van der Waals surface area contributed by atoms with E-state index in [1.54, 1.807) is 51.1 Å². The predicted molar refractivity (Wildman–Crippen MR) is 219 cm³/mol. The van der Waals surface area contributed by atoms with Crippen molar-refractivity contribution in [1.29, 1.82) is 0 Å². The zero-order valence-corrected chi connectivity index (χ0v) is 33.8. The summed E-state index contributed by atoms with van der Waals surface area (Å²) in [6.45, 7) is 0.445. The van der Waals surface area contributed by atoms with Crippen LogP contribution in [0.25, 0.3) is 0 Å². The molecule has 1 amide bonds. The third kappa shape index (κ3) is 8.56. The molecule has 2 aliphatic carbocycles. The van der Waals surface area contributed by atoms with Gasteiger partial charge in [-0.2, -0.15) is 0 Å². The number of carbonyl (C=O) groups is 2. The van der Waals surface area contributed by atoms with E-state index in [1.165, 1.54) is 22.7 Å². The molecular formula is C42H40N6O9S2. The molecule has 4 N–H and O–H groups in total. The van der Waals surface area contributed by atoms with Crippen LogP contribution in [-0.2, 0) is 33.3 Å². The summed E-state index contributed by atoms with van der Waals surface area (Å²) >= 11 is 2.95. The topological polar surface area (TPSA) is 199 Å². The van der Waals surface area contributed by atoms with Crippen molar-refractivity contribution in [2.24, 2.45) is 0 Å². The number of anilines is 2. The highest BCUT2D eigenvalue weighted by Gasteiger charge is 2.53. The molecule has 0 radical (unpaired) electrons. The Balaban J connectivity index is 0.000000136. The average Bonchev–Trinajstić information content (AvgIpc) is 3.98. The number of nitrogens with zero attached hydrogens (tertiary/aromatic N) is 4. The van der Waals surface area contributed by atoms with E-state index in [0.29, 0.717) is 58.5 Å². The molecule has 15 nitrogen and oxygen atoms in total. The second-order valence-corrected chi connectivity index (χ2v) is 16.3. The predicted octanol–water partition coefficient (Wildman–Crippen LogP) is 6.79. The van der Waals surface area contributed by atoms with Crippen molar-refractivity contribution < 1.29 is 43.1 Å². The van der Waals surface area contributed by atoms with Crippen molar-refractivity contribution in [3.8, 4) is 34.8 Å². The number of aliphatic carboxylic acids is 1. The second-order valence-electron chi connectivity index (χ2n) is 14.1. The number of nitrogens with one attached hydrogen (secondary N) is 1. The van der Waals surface area contributed by atoms with Gasteiger partial charge < -0.3 is 44.6 Å². The first-order valence-corrected chi connectivity index (χ1v) is 20.3. The van der Waals surface area contributed by atoms with Crippen LogP contribution in [0.5, 0.6) is 34.8 Å². The van der Waals surface area contributed by atoms with E-state index in [2.05, 4.69) is 25.3 Å². The number of hydrogen-bond donors (Lipinski definition) is 3. The number of hydrogen-bond acceptors (Lipinski definition) is 15. The van der Waals surface area contributed by atoms with Gasteiger partial charge in [-0.05, 0) is 73.2 Å². The number of pyridine rings is 2. The third-order valence-electron chi connectivity index (χ3n) is 10.4. The average molecular weight is 837 g/mol. The van der Waals surface area contributed by atoms with Crippen molar-refractivity contribution in [2.45, 2.75) is 49.4 Å². The molecule has 2 aromatic carbocycles. The minimum atomic E-state index is -0.749. The fourth-order valence-electron chi connectivity index (χ4n) is 6.84. The molecule has 0 bridgehead atoms. The number of carboxylic acid groups (broad SMARTS) is 1. The Morgan fingerprint density at radius 1 is 0.712 bits per heavy atom. The zero-order chi connectivity index (χ0) is 41.0. The van der Waals surface area contributed by atoms with Crippen LogP contribution in [0.2, 0.25) is 0 Å². The standard InChI is InChI=1S/C21H19N3O4S.C11H10O4.C10H11N3OS/c1-26-18-13(3-2-8-22-18)9-15-11-23-20(29-15)24-19(25)21(6-7-21)14-4-5-16-17(10-14)28-12-27-16;12-10(13)11(3-4-11)7-1-2-8-9(5-7)15-6-14-8;1-14-9-7(3-2-4-12-9)5-8-6-13-10(11)15-8/h2-5,8,10-11H,6-7,9,12H2,1H3,(H,23,24,25);1-2,5H,3-4,6H2,(H,12,13);2-4,6H,5H2,1H3,(H2,11,13). The first-order valence-electron chi connectivity index (χ1n) is 18.7. The molecule has 0 atom stereocenters. The van der Waals surface area contributed by atoms with Crippen LogP contribution < -0.4 is 39.5 Å². The monoisotopic (exact) mass is 836 g/mol. The van der Waals surface area contributed by atoms with Gasteiger partial charge in [-0.1, -0.05) is 24.3 Å². The van der Waals surface area contributed by atoms with E-state index in [4.69, 9.17) is 39.3 Å². The van der Waals surface area contributed by atoms with E-state index in [-0.39, 0.29) is 19.5 Å². The van der Waals surface area contributed by atoms with Crippen molar-refractivity contribution in [1.82, 2.24) is 19.9 Å². The zero-order valence-electron chi connectivity index (χ0n) is 32.1. The molecule has 0 spiro atoms. The van der Waals surface area contributed by atoms with Crippen LogP contribution in [0.3, 0.4) is 0 Å².